The first-order chi connectivity index (χ1) is 11.1. The molecule has 0 spiro atoms. The van der Waals surface area contributed by atoms with Gasteiger partial charge in [0.05, 0.1) is 11.5 Å². The van der Waals surface area contributed by atoms with E-state index in [1.807, 2.05) is 14.1 Å². The topological polar surface area (TPSA) is 66.0 Å². The molecule has 1 heterocycles. The number of rotatable bonds is 5. The number of nitrogens with one attached hydrogen (secondary N) is 2. The van der Waals surface area contributed by atoms with E-state index < -0.39 is 0 Å². The fourth-order valence-corrected chi connectivity index (χ4v) is 3.64. The summed E-state index contributed by atoms with van der Waals surface area (Å²) in [4.78, 5) is 18.6. The first-order valence-electron chi connectivity index (χ1n) is 8.85. The number of guanidine groups is 1. The summed E-state index contributed by atoms with van der Waals surface area (Å²) in [5.41, 5.74) is -0.275. The maximum absolute atomic E-state index is 12.6. The summed E-state index contributed by atoms with van der Waals surface area (Å²) in [5.74, 6) is 0.991. The van der Waals surface area contributed by atoms with Gasteiger partial charge in [-0.3, -0.25) is 9.79 Å². The summed E-state index contributed by atoms with van der Waals surface area (Å²) >= 11 is 0. The van der Waals surface area contributed by atoms with E-state index in [9.17, 15) is 4.79 Å². The van der Waals surface area contributed by atoms with E-state index in [0.717, 1.165) is 51.2 Å². The van der Waals surface area contributed by atoms with Crippen molar-refractivity contribution in [2.45, 2.75) is 51.0 Å². The van der Waals surface area contributed by atoms with E-state index in [1.54, 1.807) is 11.9 Å². The number of hydrogen-bond acceptors (Lipinski definition) is 3. The van der Waals surface area contributed by atoms with Gasteiger partial charge in [0, 0.05) is 40.8 Å². The Balaban J connectivity index is 1.84. The van der Waals surface area contributed by atoms with Gasteiger partial charge in [-0.15, -0.1) is 0 Å². The van der Waals surface area contributed by atoms with Crippen LogP contribution in [0.5, 0.6) is 0 Å². The summed E-state index contributed by atoms with van der Waals surface area (Å²) in [7, 11) is 5.46. The molecule has 0 aromatic rings. The lowest BCUT2D eigenvalue weighted by Gasteiger charge is -2.31. The molecule has 2 N–H and O–H groups in total. The monoisotopic (exact) mass is 324 g/mol. The highest BCUT2D eigenvalue weighted by Gasteiger charge is 2.42. The number of carbonyl (C=O) groups excluding carboxylic acids is 1. The van der Waals surface area contributed by atoms with Crippen LogP contribution >= 0.6 is 0 Å². The molecule has 2 rings (SSSR count). The maximum atomic E-state index is 12.6. The first kappa shape index (κ1) is 18.0. The fraction of sp³-hybridized carbons (Fsp3) is 0.882. The van der Waals surface area contributed by atoms with Gasteiger partial charge in [0.2, 0.25) is 5.91 Å². The van der Waals surface area contributed by atoms with Gasteiger partial charge in [-0.1, -0.05) is 12.8 Å². The van der Waals surface area contributed by atoms with Crippen molar-refractivity contribution in [3.8, 4) is 0 Å². The Labute approximate surface area is 140 Å². The highest BCUT2D eigenvalue weighted by molar-refractivity contribution is 5.85. The Morgan fingerprint density at radius 3 is 2.52 bits per heavy atom. The Hall–Kier alpha value is -1.30. The quantitative estimate of drug-likeness (QED) is 0.592. The van der Waals surface area contributed by atoms with Crippen LogP contribution in [0.25, 0.3) is 0 Å². The van der Waals surface area contributed by atoms with Crippen LogP contribution in [-0.4, -0.2) is 63.7 Å². The van der Waals surface area contributed by atoms with Crippen molar-refractivity contribution in [3.05, 3.63) is 0 Å². The van der Waals surface area contributed by atoms with Gasteiger partial charge >= 0.3 is 0 Å². The van der Waals surface area contributed by atoms with E-state index in [-0.39, 0.29) is 17.4 Å². The smallest absolute Gasteiger partial charge is 0.230 e. The molecule has 6 nitrogen and oxygen atoms in total. The lowest BCUT2D eigenvalue weighted by molar-refractivity contribution is -0.138. The van der Waals surface area contributed by atoms with Crippen LogP contribution in [0.2, 0.25) is 0 Å². The Morgan fingerprint density at radius 2 is 1.96 bits per heavy atom. The predicted octanol–water partition coefficient (Wildman–Crippen LogP) is 1.37. The van der Waals surface area contributed by atoms with Crippen LogP contribution in [0, 0.1) is 5.41 Å². The Kier molecular flexibility index (Phi) is 6.69. The normalized spacial score (nSPS) is 24.3. The Morgan fingerprint density at radius 1 is 1.22 bits per heavy atom. The number of carbonyl (C=O) groups is 1. The molecule has 6 heteroatoms. The fourth-order valence-electron chi connectivity index (χ4n) is 3.64. The van der Waals surface area contributed by atoms with Crippen LogP contribution in [0.4, 0.5) is 0 Å². The number of nitrogens with zero attached hydrogens (tertiary/aromatic N) is 2. The van der Waals surface area contributed by atoms with Crippen molar-refractivity contribution in [2.75, 3.05) is 40.8 Å². The van der Waals surface area contributed by atoms with Gasteiger partial charge in [0.15, 0.2) is 5.96 Å². The first-order valence-corrected chi connectivity index (χ1v) is 8.85. The molecule has 1 unspecified atom stereocenters. The van der Waals surface area contributed by atoms with Gasteiger partial charge in [-0.25, -0.2) is 0 Å². The van der Waals surface area contributed by atoms with Gasteiger partial charge in [-0.2, -0.15) is 0 Å². The van der Waals surface area contributed by atoms with Crippen LogP contribution in [-0.2, 0) is 9.53 Å². The zero-order valence-corrected chi connectivity index (χ0v) is 14.9. The molecule has 132 valence electrons. The summed E-state index contributed by atoms with van der Waals surface area (Å²) in [6.07, 6.45) is 7.95. The van der Waals surface area contributed by atoms with Crippen molar-refractivity contribution in [1.82, 2.24) is 15.5 Å². The van der Waals surface area contributed by atoms with Crippen molar-refractivity contribution in [2.24, 2.45) is 10.4 Å². The number of amides is 1. The van der Waals surface area contributed by atoms with Crippen molar-refractivity contribution in [3.63, 3.8) is 0 Å². The average molecular weight is 324 g/mol. The second-order valence-electron chi connectivity index (χ2n) is 6.98. The third-order valence-electron chi connectivity index (χ3n) is 5.01. The third-order valence-corrected chi connectivity index (χ3v) is 5.01. The molecule has 1 amide bonds. The number of ether oxygens (including phenoxy) is 1. The minimum Gasteiger partial charge on any atom is -0.376 e. The lowest BCUT2D eigenvalue weighted by atomic mass is 9.84. The van der Waals surface area contributed by atoms with Crippen LogP contribution in [0.15, 0.2) is 4.99 Å². The standard InChI is InChI=1S/C17H32N4O2/c1-18-16(19-12-14-8-4-7-11-23-14)20-13-17(9-5-6-10-17)15(22)21(2)3/h14H,4-13H2,1-3H3,(H2,18,19,20). The molecule has 0 aromatic carbocycles. The van der Waals surface area contributed by atoms with E-state index in [0.29, 0.717) is 6.54 Å². The number of hydrogen-bond donors (Lipinski definition) is 2. The second-order valence-corrected chi connectivity index (χ2v) is 6.98. The van der Waals surface area contributed by atoms with Crippen LogP contribution in [0.1, 0.15) is 44.9 Å². The van der Waals surface area contributed by atoms with Gasteiger partial charge in [0.25, 0.3) is 0 Å². The molecule has 0 bridgehead atoms. The summed E-state index contributed by atoms with van der Waals surface area (Å²) in [6.45, 7) is 2.28. The molecule has 1 aliphatic carbocycles. The minimum atomic E-state index is -0.275. The molecular weight excluding hydrogens is 292 g/mol. The maximum Gasteiger partial charge on any atom is 0.230 e. The number of aliphatic imine (C=N–C) groups is 1. The van der Waals surface area contributed by atoms with Gasteiger partial charge < -0.3 is 20.3 Å². The van der Waals surface area contributed by atoms with E-state index in [4.69, 9.17) is 4.74 Å². The van der Waals surface area contributed by atoms with Crippen molar-refractivity contribution >= 4 is 11.9 Å². The molecule has 2 fully saturated rings. The van der Waals surface area contributed by atoms with Crippen LogP contribution in [0.3, 0.4) is 0 Å². The van der Waals surface area contributed by atoms with Gasteiger partial charge in [-0.05, 0) is 32.1 Å². The molecule has 2 aliphatic rings. The van der Waals surface area contributed by atoms with E-state index in [2.05, 4.69) is 15.6 Å². The molecule has 1 aliphatic heterocycles. The lowest BCUT2D eigenvalue weighted by Crippen LogP contribution is -2.50. The Bertz CT molecular complexity index is 411. The van der Waals surface area contributed by atoms with E-state index in [1.165, 1.54) is 12.8 Å². The zero-order valence-electron chi connectivity index (χ0n) is 14.9. The highest BCUT2D eigenvalue weighted by Crippen LogP contribution is 2.38. The third kappa shape index (κ3) is 4.83. The second kappa shape index (κ2) is 8.52. The van der Waals surface area contributed by atoms with Crippen molar-refractivity contribution < 1.29 is 9.53 Å². The molecule has 23 heavy (non-hydrogen) atoms. The highest BCUT2D eigenvalue weighted by atomic mass is 16.5. The minimum absolute atomic E-state index is 0.230. The molecular formula is C17H32N4O2. The summed E-state index contributed by atoms with van der Waals surface area (Å²) < 4.78 is 5.73. The predicted molar refractivity (Wildman–Crippen MR) is 92.6 cm³/mol. The van der Waals surface area contributed by atoms with Crippen molar-refractivity contribution in [1.29, 1.82) is 0 Å². The molecule has 1 saturated heterocycles. The summed E-state index contributed by atoms with van der Waals surface area (Å²) in [6, 6.07) is 0. The van der Waals surface area contributed by atoms with Gasteiger partial charge in [0.1, 0.15) is 0 Å². The molecule has 0 aromatic heterocycles. The molecule has 1 saturated carbocycles. The molecule has 1 atom stereocenters. The summed E-state index contributed by atoms with van der Waals surface area (Å²) in [5, 5.41) is 6.70. The van der Waals surface area contributed by atoms with E-state index >= 15 is 0 Å². The largest absolute Gasteiger partial charge is 0.376 e. The SMILES string of the molecule is CN=C(NCC1CCCCO1)NCC1(C(=O)N(C)C)CCCC1. The zero-order chi connectivity index (χ0) is 16.7. The molecule has 0 radical (unpaired) electrons. The average Bonchev–Trinajstić information content (AvgIpc) is 3.05. The van der Waals surface area contributed by atoms with Crippen LogP contribution < -0.4 is 10.6 Å².